The molecular weight excluding hydrogens is 489 g/mol. The van der Waals surface area contributed by atoms with E-state index in [2.05, 4.69) is 30.2 Å². The van der Waals surface area contributed by atoms with Crippen LogP contribution in [0.5, 0.6) is 5.75 Å². The van der Waals surface area contributed by atoms with Crippen LogP contribution in [0.3, 0.4) is 0 Å². The molecule has 0 aliphatic heterocycles. The third kappa shape index (κ3) is 5.80. The first-order chi connectivity index (χ1) is 16.8. The first kappa shape index (κ1) is 28.3. The molecule has 0 radical (unpaired) electrons. The first-order valence-corrected chi connectivity index (χ1v) is 13.8. The largest absolute Gasteiger partial charge is 0.534 e. The van der Waals surface area contributed by atoms with Crippen molar-refractivity contribution in [3.8, 4) is 5.75 Å². The highest BCUT2D eigenvalue weighted by molar-refractivity contribution is 7.88. The number of alkyl halides is 3. The Morgan fingerprint density at radius 1 is 0.944 bits per heavy atom. The lowest BCUT2D eigenvalue weighted by Crippen LogP contribution is -2.29. The van der Waals surface area contributed by atoms with Crippen LogP contribution in [0.15, 0.2) is 42.5 Å². The fraction of sp³-hybridized carbons (Fsp3) is 0.500. The minimum absolute atomic E-state index is 0.309. The fourth-order valence-corrected chi connectivity index (χ4v) is 5.69. The van der Waals surface area contributed by atoms with Gasteiger partial charge >= 0.3 is 15.6 Å². The van der Waals surface area contributed by atoms with Crippen LogP contribution in [0.25, 0.3) is 6.08 Å². The van der Waals surface area contributed by atoms with E-state index in [1.54, 1.807) is 12.1 Å². The van der Waals surface area contributed by atoms with Crippen molar-refractivity contribution >= 4 is 16.2 Å². The van der Waals surface area contributed by atoms with E-state index in [1.165, 1.54) is 13.0 Å². The summed E-state index contributed by atoms with van der Waals surface area (Å²) in [7, 11) is -5.74. The van der Waals surface area contributed by atoms with Crippen LogP contribution in [0.1, 0.15) is 86.6 Å². The molecule has 8 heteroatoms. The molecule has 0 heterocycles. The average Bonchev–Trinajstić information content (AvgIpc) is 2.81. The normalized spacial score (nSPS) is 16.9. The van der Waals surface area contributed by atoms with E-state index in [0.29, 0.717) is 5.56 Å². The van der Waals surface area contributed by atoms with Crippen molar-refractivity contribution in [3.63, 3.8) is 0 Å². The Kier molecular flexibility index (Phi) is 8.30. The molecule has 1 N–H and O–H groups in total. The zero-order chi connectivity index (χ0) is 26.8. The van der Waals surface area contributed by atoms with Gasteiger partial charge in [0.15, 0.2) is 0 Å². The SMILES string of the molecule is CCC(CC)(c1ccc(C=CC2(O)CCCCC2)c(C)c1)c1ccc(OS(=O)(=O)C(F)(F)F)c(C)c1. The molecular formula is C28H35F3O4S. The van der Waals surface area contributed by atoms with E-state index in [-0.39, 0.29) is 5.75 Å². The Bertz CT molecular complexity index is 1210. The number of aryl methyl sites for hydroxylation is 2. The minimum Gasteiger partial charge on any atom is -0.386 e. The van der Waals surface area contributed by atoms with Gasteiger partial charge < -0.3 is 9.29 Å². The molecule has 3 rings (SSSR count). The van der Waals surface area contributed by atoms with Gasteiger partial charge in [0.05, 0.1) is 5.60 Å². The average molecular weight is 525 g/mol. The number of aliphatic hydroxyl groups is 1. The summed E-state index contributed by atoms with van der Waals surface area (Å²) < 4.78 is 65.6. The molecule has 2 aromatic carbocycles. The van der Waals surface area contributed by atoms with E-state index in [1.807, 2.05) is 25.1 Å². The zero-order valence-electron chi connectivity index (χ0n) is 21.3. The second kappa shape index (κ2) is 10.6. The highest BCUT2D eigenvalue weighted by atomic mass is 32.2. The van der Waals surface area contributed by atoms with Gasteiger partial charge in [-0.1, -0.05) is 75.6 Å². The summed E-state index contributed by atoms with van der Waals surface area (Å²) in [5, 5.41) is 10.8. The summed E-state index contributed by atoms with van der Waals surface area (Å²) in [5.41, 5.74) is -2.32. The Morgan fingerprint density at radius 3 is 2.00 bits per heavy atom. The van der Waals surface area contributed by atoms with Crippen LogP contribution in [0.2, 0.25) is 0 Å². The summed E-state index contributed by atoms with van der Waals surface area (Å²) in [6, 6.07) is 10.8. The van der Waals surface area contributed by atoms with Crippen LogP contribution in [-0.2, 0) is 15.5 Å². The molecule has 0 aromatic heterocycles. The number of halogens is 3. The molecule has 0 amide bonds. The van der Waals surface area contributed by atoms with Crippen LogP contribution >= 0.6 is 0 Å². The number of hydrogen-bond donors (Lipinski definition) is 1. The molecule has 0 spiro atoms. The highest BCUT2D eigenvalue weighted by Gasteiger charge is 2.48. The number of rotatable bonds is 8. The third-order valence-electron chi connectivity index (χ3n) is 7.53. The predicted molar refractivity (Wildman–Crippen MR) is 136 cm³/mol. The summed E-state index contributed by atoms with van der Waals surface area (Å²) in [5.74, 6) is -0.338. The van der Waals surface area contributed by atoms with Gasteiger partial charge in [-0.2, -0.15) is 21.6 Å². The van der Waals surface area contributed by atoms with E-state index >= 15 is 0 Å². The van der Waals surface area contributed by atoms with E-state index in [9.17, 15) is 26.7 Å². The Labute approximate surface area is 212 Å². The fourth-order valence-electron chi connectivity index (χ4n) is 5.18. The highest BCUT2D eigenvalue weighted by Crippen LogP contribution is 2.41. The van der Waals surface area contributed by atoms with Crippen molar-refractivity contribution in [1.29, 1.82) is 0 Å². The summed E-state index contributed by atoms with van der Waals surface area (Å²) in [6.07, 6.45) is 10.1. The van der Waals surface area contributed by atoms with Gasteiger partial charge in [0, 0.05) is 5.41 Å². The molecule has 1 fully saturated rings. The number of benzene rings is 2. The van der Waals surface area contributed by atoms with Gasteiger partial charge in [0.25, 0.3) is 0 Å². The van der Waals surface area contributed by atoms with Crippen LogP contribution in [0.4, 0.5) is 13.2 Å². The van der Waals surface area contributed by atoms with Crippen molar-refractivity contribution in [3.05, 3.63) is 70.3 Å². The Hall–Kier alpha value is -2.32. The molecule has 1 aliphatic carbocycles. The van der Waals surface area contributed by atoms with Gasteiger partial charge in [0.1, 0.15) is 5.75 Å². The molecule has 198 valence electrons. The standard InChI is InChI=1S/C28H35F3O4S/c1-5-27(6-2,24-12-13-25(21(4)19-24)35-36(33,34)28(29,30)31)23-11-10-22(20(3)18-23)14-17-26(32)15-8-7-9-16-26/h10-14,17-19,32H,5-9,15-16H2,1-4H3. The molecule has 36 heavy (non-hydrogen) atoms. The molecule has 2 aromatic rings. The van der Waals surface area contributed by atoms with Crippen molar-refractivity contribution in [2.75, 3.05) is 0 Å². The second-order valence-corrected chi connectivity index (χ2v) is 11.4. The van der Waals surface area contributed by atoms with Crippen molar-refractivity contribution < 1.29 is 30.9 Å². The van der Waals surface area contributed by atoms with E-state index in [4.69, 9.17) is 0 Å². The topological polar surface area (TPSA) is 63.6 Å². The van der Waals surface area contributed by atoms with Gasteiger partial charge in [-0.15, -0.1) is 0 Å². The maximum Gasteiger partial charge on any atom is 0.534 e. The Morgan fingerprint density at radius 2 is 1.50 bits per heavy atom. The maximum absolute atomic E-state index is 12.8. The lowest BCUT2D eigenvalue weighted by Gasteiger charge is -2.34. The molecule has 0 bridgehead atoms. The van der Waals surface area contributed by atoms with Gasteiger partial charge in [-0.25, -0.2) is 0 Å². The van der Waals surface area contributed by atoms with Gasteiger partial charge in [0.2, 0.25) is 0 Å². The van der Waals surface area contributed by atoms with Gasteiger partial charge in [-0.3, -0.25) is 0 Å². The number of hydrogen-bond acceptors (Lipinski definition) is 4. The third-order valence-corrected chi connectivity index (χ3v) is 8.50. The first-order valence-electron chi connectivity index (χ1n) is 12.4. The van der Waals surface area contributed by atoms with Crippen molar-refractivity contribution in [2.24, 2.45) is 0 Å². The Balaban J connectivity index is 1.94. The molecule has 0 atom stereocenters. The van der Waals surface area contributed by atoms with Crippen LogP contribution in [-0.4, -0.2) is 24.6 Å². The maximum atomic E-state index is 12.8. The monoisotopic (exact) mass is 524 g/mol. The van der Waals surface area contributed by atoms with Crippen molar-refractivity contribution in [2.45, 2.75) is 89.2 Å². The van der Waals surface area contributed by atoms with Crippen molar-refractivity contribution in [1.82, 2.24) is 0 Å². The minimum atomic E-state index is -5.74. The smallest absolute Gasteiger partial charge is 0.386 e. The molecule has 0 saturated heterocycles. The van der Waals surface area contributed by atoms with Crippen LogP contribution < -0.4 is 4.18 Å². The molecule has 1 saturated carbocycles. The van der Waals surface area contributed by atoms with E-state index in [0.717, 1.165) is 67.2 Å². The molecule has 4 nitrogen and oxygen atoms in total. The quantitative estimate of drug-likeness (QED) is 0.290. The van der Waals surface area contributed by atoms with Gasteiger partial charge in [-0.05, 0) is 73.4 Å². The lowest BCUT2D eigenvalue weighted by molar-refractivity contribution is -0.0500. The van der Waals surface area contributed by atoms with E-state index < -0.39 is 26.6 Å². The lowest BCUT2D eigenvalue weighted by atomic mass is 9.70. The summed E-state index contributed by atoms with van der Waals surface area (Å²) in [6.45, 7) is 7.67. The molecule has 1 aliphatic rings. The summed E-state index contributed by atoms with van der Waals surface area (Å²) in [4.78, 5) is 0. The molecule has 0 unspecified atom stereocenters. The zero-order valence-corrected chi connectivity index (χ0v) is 22.1. The second-order valence-electron chi connectivity index (χ2n) is 9.82. The predicted octanol–water partition coefficient (Wildman–Crippen LogP) is 7.35. The van der Waals surface area contributed by atoms with Crippen LogP contribution in [0, 0.1) is 13.8 Å². The summed E-state index contributed by atoms with van der Waals surface area (Å²) >= 11 is 0.